The summed E-state index contributed by atoms with van der Waals surface area (Å²) in [5, 5.41) is 20.9. The van der Waals surface area contributed by atoms with Crippen LogP contribution in [0.4, 0.5) is 0 Å². The molecule has 1 aliphatic heterocycles. The van der Waals surface area contributed by atoms with Crippen LogP contribution in [0.2, 0.25) is 0 Å². The number of methoxy groups -OCH3 is 2. The molecule has 0 unspecified atom stereocenters. The van der Waals surface area contributed by atoms with Gasteiger partial charge in [0, 0.05) is 10.4 Å². The molecule has 0 saturated carbocycles. The van der Waals surface area contributed by atoms with E-state index in [0.29, 0.717) is 21.4 Å². The van der Waals surface area contributed by atoms with E-state index < -0.39 is 0 Å². The van der Waals surface area contributed by atoms with E-state index in [1.165, 1.54) is 37.1 Å². The lowest BCUT2D eigenvalue weighted by Gasteiger charge is -2.12. The highest BCUT2D eigenvalue weighted by Gasteiger charge is 2.34. The second-order valence-corrected chi connectivity index (χ2v) is 8.49. The Labute approximate surface area is 192 Å². The number of hydrogen-bond donors (Lipinski definition) is 1. The summed E-state index contributed by atoms with van der Waals surface area (Å²) in [4.78, 5) is 16.1. The summed E-state index contributed by atoms with van der Waals surface area (Å²) in [7, 11) is 2.90. The largest absolute Gasteiger partial charge is 0.502 e. The van der Waals surface area contributed by atoms with Crippen LogP contribution in [-0.2, 0) is 11.3 Å². The minimum atomic E-state index is -0.165. The fourth-order valence-corrected chi connectivity index (χ4v) is 4.57. The average molecular weight is 470 g/mol. The predicted octanol–water partition coefficient (Wildman–Crippen LogP) is 4.57. The first-order valence-electron chi connectivity index (χ1n) is 9.42. The van der Waals surface area contributed by atoms with Crippen molar-refractivity contribution in [3.63, 3.8) is 0 Å². The first-order chi connectivity index (χ1) is 15.6. The Morgan fingerprint density at radius 2 is 1.97 bits per heavy atom. The number of hydrogen-bond acceptors (Lipinski definition) is 9. The minimum absolute atomic E-state index is 0.0941. The average Bonchev–Trinajstić information content (AvgIpc) is 3.55. The van der Waals surface area contributed by atoms with Gasteiger partial charge < -0.3 is 19.0 Å². The van der Waals surface area contributed by atoms with Gasteiger partial charge in [-0.2, -0.15) is 5.10 Å². The number of nitrogens with zero attached hydrogens (tertiary/aromatic N) is 3. The van der Waals surface area contributed by atoms with E-state index in [0.717, 1.165) is 4.88 Å². The van der Waals surface area contributed by atoms with Crippen LogP contribution in [0.25, 0.3) is 6.08 Å². The number of amides is 1. The maximum Gasteiger partial charge on any atom is 0.267 e. The van der Waals surface area contributed by atoms with E-state index in [9.17, 15) is 9.90 Å². The van der Waals surface area contributed by atoms with Gasteiger partial charge >= 0.3 is 0 Å². The van der Waals surface area contributed by atoms with Crippen molar-refractivity contribution in [2.75, 3.05) is 14.2 Å². The molecule has 1 saturated heterocycles. The Morgan fingerprint density at radius 1 is 1.19 bits per heavy atom. The van der Waals surface area contributed by atoms with Gasteiger partial charge in [0.15, 0.2) is 16.7 Å². The van der Waals surface area contributed by atoms with Crippen molar-refractivity contribution in [2.45, 2.75) is 6.54 Å². The monoisotopic (exact) mass is 469 g/mol. The minimum Gasteiger partial charge on any atom is -0.502 e. The van der Waals surface area contributed by atoms with Gasteiger partial charge in [-0.15, -0.1) is 16.4 Å². The van der Waals surface area contributed by atoms with Crippen LogP contribution in [0.1, 0.15) is 16.2 Å². The van der Waals surface area contributed by atoms with E-state index in [4.69, 9.17) is 13.9 Å². The topological polar surface area (TPSA) is 96.9 Å². The highest BCUT2D eigenvalue weighted by atomic mass is 32.2. The van der Waals surface area contributed by atoms with Gasteiger partial charge in [-0.1, -0.05) is 6.07 Å². The van der Waals surface area contributed by atoms with Gasteiger partial charge in [0.25, 0.3) is 5.91 Å². The normalized spacial score (nSPS) is 16.6. The third kappa shape index (κ3) is 4.71. The number of furan rings is 1. The summed E-state index contributed by atoms with van der Waals surface area (Å²) in [6, 6.07) is 10.7. The Morgan fingerprint density at radius 3 is 2.59 bits per heavy atom. The molecule has 3 aromatic rings. The van der Waals surface area contributed by atoms with Gasteiger partial charge in [-0.3, -0.25) is 9.69 Å². The second-order valence-electron chi connectivity index (χ2n) is 6.50. The second kappa shape index (κ2) is 9.75. The zero-order valence-electron chi connectivity index (χ0n) is 17.2. The molecule has 0 radical (unpaired) electrons. The molecule has 4 rings (SSSR count). The number of carbonyl (C=O) groups is 1. The van der Waals surface area contributed by atoms with Crippen molar-refractivity contribution in [3.05, 3.63) is 69.1 Å². The fourth-order valence-electron chi connectivity index (χ4n) is 2.92. The molecule has 164 valence electrons. The molecule has 1 aromatic carbocycles. The third-order valence-electron chi connectivity index (χ3n) is 4.45. The van der Waals surface area contributed by atoms with Crippen LogP contribution < -0.4 is 9.47 Å². The number of ether oxygens (including phenoxy) is 2. The number of phenols is 1. The molecule has 0 spiro atoms. The fraction of sp³-hybridized carbons (Fsp3) is 0.136. The van der Waals surface area contributed by atoms with Gasteiger partial charge in [0.05, 0.1) is 38.1 Å². The van der Waals surface area contributed by atoms with E-state index in [-0.39, 0.29) is 29.7 Å². The number of phenolic OH excluding ortho intramolecular Hbond substituents is 1. The summed E-state index contributed by atoms with van der Waals surface area (Å²) in [6.07, 6.45) is 4.90. The molecule has 8 nitrogen and oxygen atoms in total. The van der Waals surface area contributed by atoms with Gasteiger partial charge in [-0.25, -0.2) is 0 Å². The number of rotatable bonds is 7. The number of aromatic hydroxyl groups is 1. The molecule has 1 amide bonds. The number of carbonyl (C=O) groups excluding carboxylic acids is 1. The van der Waals surface area contributed by atoms with Crippen LogP contribution in [0, 0.1) is 0 Å². The number of thioether (sulfide) groups is 1. The molecule has 32 heavy (non-hydrogen) atoms. The molecule has 0 aliphatic carbocycles. The highest BCUT2D eigenvalue weighted by molar-refractivity contribution is 8.18. The molecule has 2 aromatic heterocycles. The van der Waals surface area contributed by atoms with Gasteiger partial charge in [0.1, 0.15) is 5.76 Å². The zero-order valence-corrected chi connectivity index (χ0v) is 18.9. The molecule has 0 bridgehead atoms. The summed E-state index contributed by atoms with van der Waals surface area (Å²) in [5.74, 6) is 0.889. The maximum absolute atomic E-state index is 13.0. The number of thiophene rings is 1. The molecule has 1 aliphatic rings. The van der Waals surface area contributed by atoms with Crippen LogP contribution in [-0.4, -0.2) is 41.5 Å². The summed E-state index contributed by atoms with van der Waals surface area (Å²) in [5.41, 5.74) is 0.613. The summed E-state index contributed by atoms with van der Waals surface area (Å²) in [6.45, 7) is 0.246. The maximum atomic E-state index is 13.0. The molecular formula is C22H19N3O5S2. The summed E-state index contributed by atoms with van der Waals surface area (Å²) < 4.78 is 15.7. The molecular weight excluding hydrogens is 450 g/mol. The van der Waals surface area contributed by atoms with E-state index >= 15 is 0 Å². The van der Waals surface area contributed by atoms with Crippen molar-refractivity contribution in [1.29, 1.82) is 0 Å². The molecule has 10 heteroatoms. The van der Waals surface area contributed by atoms with E-state index in [2.05, 4.69) is 10.2 Å². The molecule has 3 heterocycles. The Bertz CT molecular complexity index is 1160. The molecule has 1 N–H and O–H groups in total. The van der Waals surface area contributed by atoms with Crippen molar-refractivity contribution in [3.8, 4) is 17.2 Å². The predicted molar refractivity (Wildman–Crippen MR) is 125 cm³/mol. The zero-order chi connectivity index (χ0) is 22.5. The van der Waals surface area contributed by atoms with E-state index in [1.54, 1.807) is 41.9 Å². The van der Waals surface area contributed by atoms with Crippen molar-refractivity contribution < 1.29 is 23.8 Å². The first kappa shape index (κ1) is 21.7. The quantitative estimate of drug-likeness (QED) is 0.309. The van der Waals surface area contributed by atoms with Crippen LogP contribution in [0.3, 0.4) is 0 Å². The lowest BCUT2D eigenvalue weighted by molar-refractivity contribution is -0.122. The lowest BCUT2D eigenvalue weighted by atomic mass is 10.2. The first-order valence-corrected chi connectivity index (χ1v) is 11.1. The SMILES string of the molecule is COc1cc(/C=N/N=C2\S/C(=C\c3cccs3)C(=O)N2Cc2ccco2)cc(OC)c1O. The van der Waals surface area contributed by atoms with Gasteiger partial charge in [-0.05, 0) is 53.5 Å². The van der Waals surface area contributed by atoms with Crippen molar-refractivity contribution in [1.82, 2.24) is 4.90 Å². The van der Waals surface area contributed by atoms with Crippen LogP contribution >= 0.6 is 23.1 Å². The van der Waals surface area contributed by atoms with E-state index in [1.807, 2.05) is 23.6 Å². The molecule has 1 fully saturated rings. The Balaban J connectivity index is 1.62. The number of benzene rings is 1. The highest BCUT2D eigenvalue weighted by Crippen LogP contribution is 2.37. The van der Waals surface area contributed by atoms with Crippen LogP contribution in [0.15, 0.2) is 67.6 Å². The standard InChI is InChI=1S/C22H19N3O5S2/c1-28-17-9-14(10-18(29-2)20(17)26)12-23-24-22-25(13-15-5-3-7-30-15)21(27)19(32-22)11-16-6-4-8-31-16/h3-12,26H,13H2,1-2H3/b19-11-,23-12+,24-22-. The van der Waals surface area contributed by atoms with Gasteiger partial charge in [0.2, 0.25) is 5.75 Å². The lowest BCUT2D eigenvalue weighted by Crippen LogP contribution is -2.28. The summed E-state index contributed by atoms with van der Waals surface area (Å²) >= 11 is 2.80. The van der Waals surface area contributed by atoms with Crippen molar-refractivity contribution >= 4 is 46.5 Å². The Kier molecular flexibility index (Phi) is 6.62. The molecule has 0 atom stereocenters. The smallest absolute Gasteiger partial charge is 0.267 e. The Hall–Kier alpha value is -3.50. The number of amidine groups is 1. The van der Waals surface area contributed by atoms with Crippen LogP contribution in [0.5, 0.6) is 17.2 Å². The van der Waals surface area contributed by atoms with Crippen molar-refractivity contribution in [2.24, 2.45) is 10.2 Å². The third-order valence-corrected chi connectivity index (χ3v) is 6.27.